The maximum absolute atomic E-state index is 12.3. The normalized spacial score (nSPS) is 11.4. The summed E-state index contributed by atoms with van der Waals surface area (Å²) in [4.78, 5) is 10.9. The molecule has 2 rings (SSSR count). The van der Waals surface area contributed by atoms with Crippen LogP contribution in [0.2, 0.25) is 0 Å². The van der Waals surface area contributed by atoms with Crippen LogP contribution in [-0.4, -0.2) is 19.3 Å². The Hall–Kier alpha value is -2.64. The molecular weight excluding hydrogens is 323 g/mol. The van der Waals surface area contributed by atoms with E-state index < -0.39 is 18.7 Å². The zero-order valence-electron chi connectivity index (χ0n) is 11.3. The Labute approximate surface area is 127 Å². The van der Waals surface area contributed by atoms with Crippen molar-refractivity contribution in [2.75, 3.05) is 0 Å². The minimum atomic E-state index is -4.81. The lowest BCUT2D eigenvalue weighted by molar-refractivity contribution is -0.274. The Kier molecular flexibility index (Phi) is 4.83. The molecule has 0 fully saturated rings. The van der Waals surface area contributed by atoms with Crippen LogP contribution in [0.4, 0.5) is 22.0 Å². The minimum absolute atomic E-state index is 0.0915. The maximum Gasteiger partial charge on any atom is 0.573 e. The summed E-state index contributed by atoms with van der Waals surface area (Å²) in [5.74, 6) is -0.646. The van der Waals surface area contributed by atoms with Crippen LogP contribution in [0.1, 0.15) is 10.4 Å². The second kappa shape index (κ2) is 6.64. The summed E-state index contributed by atoms with van der Waals surface area (Å²) in [6, 6.07) is 8.52. The highest BCUT2D eigenvalue weighted by Gasteiger charge is 2.30. The monoisotopic (exact) mass is 332 g/mol. The number of alkyl halides is 5. The van der Waals surface area contributed by atoms with E-state index in [2.05, 4.69) is 9.47 Å². The third-order valence-electron chi connectivity index (χ3n) is 2.71. The van der Waals surface area contributed by atoms with Gasteiger partial charge in [-0.05, 0) is 41.5 Å². The number of benzene rings is 2. The lowest BCUT2D eigenvalue weighted by Crippen LogP contribution is -2.16. The quantitative estimate of drug-likeness (QED) is 0.590. The number of hydrogen-bond acceptors (Lipinski definition) is 3. The Morgan fingerprint density at radius 3 is 2.09 bits per heavy atom. The predicted octanol–water partition coefficient (Wildman–Crippen LogP) is 4.67. The summed E-state index contributed by atoms with van der Waals surface area (Å²) in [5, 5.41) is 0. The first kappa shape index (κ1) is 16.7. The molecule has 0 spiro atoms. The van der Waals surface area contributed by atoms with Gasteiger partial charge in [0.05, 0.1) is 0 Å². The molecule has 0 atom stereocenters. The second-order valence-corrected chi connectivity index (χ2v) is 4.36. The highest BCUT2D eigenvalue weighted by atomic mass is 19.4. The first-order valence-electron chi connectivity index (χ1n) is 6.18. The van der Waals surface area contributed by atoms with Crippen LogP contribution < -0.4 is 9.47 Å². The molecule has 0 heterocycles. The number of carbonyl (C=O) groups is 1. The molecule has 2 aromatic rings. The van der Waals surface area contributed by atoms with E-state index >= 15 is 0 Å². The molecule has 0 saturated carbocycles. The molecule has 0 aliphatic carbocycles. The van der Waals surface area contributed by atoms with E-state index in [1.165, 1.54) is 24.3 Å². The van der Waals surface area contributed by atoms with Crippen molar-refractivity contribution in [3.05, 3.63) is 48.0 Å². The summed E-state index contributed by atoms with van der Waals surface area (Å²) in [6.45, 7) is -3.06. The van der Waals surface area contributed by atoms with Gasteiger partial charge in [0.25, 0.3) is 0 Å². The molecular formula is C15H9F5O3. The summed E-state index contributed by atoms with van der Waals surface area (Å²) in [5.41, 5.74) is 0.833. The van der Waals surface area contributed by atoms with Gasteiger partial charge in [0.1, 0.15) is 17.8 Å². The fraction of sp³-hybridized carbons (Fsp3) is 0.133. The van der Waals surface area contributed by atoms with Crippen LogP contribution in [-0.2, 0) is 0 Å². The van der Waals surface area contributed by atoms with Gasteiger partial charge in [0.2, 0.25) is 0 Å². The average molecular weight is 332 g/mol. The van der Waals surface area contributed by atoms with Crippen molar-refractivity contribution in [1.29, 1.82) is 0 Å². The van der Waals surface area contributed by atoms with Gasteiger partial charge >= 0.3 is 13.0 Å². The van der Waals surface area contributed by atoms with E-state index in [0.717, 1.165) is 18.2 Å². The molecule has 0 aliphatic heterocycles. The van der Waals surface area contributed by atoms with Gasteiger partial charge in [0.15, 0.2) is 0 Å². The first-order chi connectivity index (χ1) is 10.8. The summed E-state index contributed by atoms with van der Waals surface area (Å²) in [7, 11) is 0. The van der Waals surface area contributed by atoms with Gasteiger partial charge in [-0.15, -0.1) is 13.2 Å². The van der Waals surface area contributed by atoms with Crippen LogP contribution in [0.25, 0.3) is 11.1 Å². The van der Waals surface area contributed by atoms with Crippen LogP contribution in [0.5, 0.6) is 11.5 Å². The summed E-state index contributed by atoms with van der Waals surface area (Å²) in [6.07, 6.45) is -4.36. The highest BCUT2D eigenvalue weighted by Crippen LogP contribution is 2.29. The predicted molar refractivity (Wildman–Crippen MR) is 70.6 cm³/mol. The van der Waals surface area contributed by atoms with Crippen molar-refractivity contribution < 1.29 is 36.2 Å². The van der Waals surface area contributed by atoms with E-state index in [9.17, 15) is 26.7 Å². The Bertz CT molecular complexity index is 681. The number of halogens is 5. The molecule has 3 nitrogen and oxygen atoms in total. The number of ether oxygens (including phenoxy) is 2. The van der Waals surface area contributed by atoms with E-state index in [-0.39, 0.29) is 11.3 Å². The van der Waals surface area contributed by atoms with E-state index in [1.807, 2.05) is 0 Å². The van der Waals surface area contributed by atoms with Crippen LogP contribution >= 0.6 is 0 Å². The smallest absolute Gasteiger partial charge is 0.435 e. The zero-order valence-corrected chi connectivity index (χ0v) is 11.3. The topological polar surface area (TPSA) is 35.5 Å². The third kappa shape index (κ3) is 4.94. The molecule has 0 aliphatic rings. The van der Waals surface area contributed by atoms with Crippen molar-refractivity contribution in [1.82, 2.24) is 0 Å². The molecule has 0 bridgehead atoms. The lowest BCUT2D eigenvalue weighted by Gasteiger charge is -2.11. The number of aldehydes is 1. The van der Waals surface area contributed by atoms with Crippen LogP contribution in [0.15, 0.2) is 42.5 Å². The number of hydrogen-bond donors (Lipinski definition) is 0. The van der Waals surface area contributed by atoms with Gasteiger partial charge in [0, 0.05) is 5.56 Å². The zero-order chi connectivity index (χ0) is 17.0. The van der Waals surface area contributed by atoms with Gasteiger partial charge in [-0.25, -0.2) is 0 Å². The molecule has 0 saturated heterocycles. The number of carbonyl (C=O) groups excluding carboxylic acids is 1. The Balaban J connectivity index is 2.31. The molecule has 0 unspecified atom stereocenters. The fourth-order valence-electron chi connectivity index (χ4n) is 1.88. The van der Waals surface area contributed by atoms with Gasteiger partial charge in [-0.3, -0.25) is 4.79 Å². The van der Waals surface area contributed by atoms with E-state index in [1.54, 1.807) is 0 Å². The largest absolute Gasteiger partial charge is 0.573 e. The molecule has 0 aromatic heterocycles. The van der Waals surface area contributed by atoms with Gasteiger partial charge in [-0.1, -0.05) is 12.1 Å². The number of rotatable bonds is 5. The molecule has 0 amide bonds. The van der Waals surface area contributed by atoms with Crippen molar-refractivity contribution in [2.24, 2.45) is 0 Å². The molecule has 2 aromatic carbocycles. The standard InChI is InChI=1S/C15H9F5O3/c16-14(17)22-13-6-9(8-21)5-11(7-13)10-1-3-12(4-2-10)23-15(18,19)20/h1-8,14H. The molecule has 8 heteroatoms. The first-order valence-corrected chi connectivity index (χ1v) is 6.18. The highest BCUT2D eigenvalue weighted by molar-refractivity contribution is 5.80. The van der Waals surface area contributed by atoms with Crippen molar-refractivity contribution >= 4 is 6.29 Å². The van der Waals surface area contributed by atoms with Crippen molar-refractivity contribution in [3.63, 3.8) is 0 Å². The SMILES string of the molecule is O=Cc1cc(OC(F)F)cc(-c2ccc(OC(F)(F)F)cc2)c1. The van der Waals surface area contributed by atoms with Crippen LogP contribution in [0.3, 0.4) is 0 Å². The molecule has 122 valence electrons. The molecule has 0 N–H and O–H groups in total. The van der Waals surface area contributed by atoms with Gasteiger partial charge in [-0.2, -0.15) is 8.78 Å². The van der Waals surface area contributed by atoms with Crippen molar-refractivity contribution in [2.45, 2.75) is 13.0 Å². The Morgan fingerprint density at radius 1 is 0.913 bits per heavy atom. The van der Waals surface area contributed by atoms with Crippen LogP contribution in [0, 0.1) is 0 Å². The summed E-state index contributed by atoms with van der Waals surface area (Å²) >= 11 is 0. The third-order valence-corrected chi connectivity index (χ3v) is 2.71. The van der Waals surface area contributed by atoms with E-state index in [4.69, 9.17) is 0 Å². The van der Waals surface area contributed by atoms with Gasteiger partial charge < -0.3 is 9.47 Å². The summed E-state index contributed by atoms with van der Waals surface area (Å²) < 4.78 is 68.8. The molecule has 23 heavy (non-hydrogen) atoms. The fourth-order valence-corrected chi connectivity index (χ4v) is 1.88. The van der Waals surface area contributed by atoms with E-state index in [0.29, 0.717) is 17.4 Å². The average Bonchev–Trinajstić information content (AvgIpc) is 2.45. The maximum atomic E-state index is 12.3. The van der Waals surface area contributed by atoms with Crippen molar-refractivity contribution in [3.8, 4) is 22.6 Å². The Morgan fingerprint density at radius 2 is 1.57 bits per heavy atom. The molecule has 0 radical (unpaired) electrons. The second-order valence-electron chi connectivity index (χ2n) is 4.36. The minimum Gasteiger partial charge on any atom is -0.435 e. The lowest BCUT2D eigenvalue weighted by atomic mass is 10.0.